The standard InChI is InChI=1S/C18H24N2O4/c1-13(21)20-8-5-15(6-9-20)18(22)19-7-4-14-2-3-16-17(12-14)24-11-10-23-16/h2-3,12,15H,4-11H2,1H3,(H,19,22). The average Bonchev–Trinajstić information content (AvgIpc) is 2.61. The molecule has 1 N–H and O–H groups in total. The SMILES string of the molecule is CC(=O)N1CCC(C(=O)NCCc2ccc3c(c2)OCCO3)CC1. The van der Waals surface area contributed by atoms with Gasteiger partial charge in [0.25, 0.3) is 0 Å². The van der Waals surface area contributed by atoms with Gasteiger partial charge in [-0.05, 0) is 37.0 Å². The summed E-state index contributed by atoms with van der Waals surface area (Å²) in [5.41, 5.74) is 1.12. The highest BCUT2D eigenvalue weighted by Crippen LogP contribution is 2.30. The second kappa shape index (κ2) is 7.55. The number of hydrogen-bond donors (Lipinski definition) is 1. The lowest BCUT2D eigenvalue weighted by Gasteiger charge is -2.30. The van der Waals surface area contributed by atoms with Gasteiger partial charge in [-0.3, -0.25) is 9.59 Å². The Morgan fingerprint density at radius 2 is 1.88 bits per heavy atom. The second-order valence-corrected chi connectivity index (χ2v) is 6.30. The van der Waals surface area contributed by atoms with Crippen LogP contribution in [0.2, 0.25) is 0 Å². The third-order valence-electron chi connectivity index (χ3n) is 4.63. The molecule has 0 aliphatic carbocycles. The lowest BCUT2D eigenvalue weighted by molar-refractivity contribution is -0.133. The van der Waals surface area contributed by atoms with Crippen LogP contribution in [0.3, 0.4) is 0 Å². The Balaban J connectivity index is 1.43. The van der Waals surface area contributed by atoms with E-state index >= 15 is 0 Å². The number of rotatable bonds is 4. The zero-order valence-corrected chi connectivity index (χ0v) is 14.0. The minimum absolute atomic E-state index is 0.0147. The van der Waals surface area contributed by atoms with Crippen LogP contribution in [-0.2, 0) is 16.0 Å². The Labute approximate surface area is 142 Å². The number of amides is 2. The molecule has 0 radical (unpaired) electrons. The monoisotopic (exact) mass is 332 g/mol. The van der Waals surface area contributed by atoms with Crippen molar-refractivity contribution in [1.82, 2.24) is 10.2 Å². The van der Waals surface area contributed by atoms with Crippen LogP contribution in [0.5, 0.6) is 11.5 Å². The molecule has 0 unspecified atom stereocenters. The molecule has 1 fully saturated rings. The van der Waals surface area contributed by atoms with Crippen molar-refractivity contribution < 1.29 is 19.1 Å². The van der Waals surface area contributed by atoms with E-state index in [4.69, 9.17) is 9.47 Å². The van der Waals surface area contributed by atoms with Gasteiger partial charge >= 0.3 is 0 Å². The molecule has 6 nitrogen and oxygen atoms in total. The topological polar surface area (TPSA) is 67.9 Å². The minimum Gasteiger partial charge on any atom is -0.486 e. The van der Waals surface area contributed by atoms with Crippen LogP contribution in [0, 0.1) is 5.92 Å². The smallest absolute Gasteiger partial charge is 0.223 e. The van der Waals surface area contributed by atoms with E-state index in [9.17, 15) is 9.59 Å². The largest absolute Gasteiger partial charge is 0.486 e. The van der Waals surface area contributed by atoms with Gasteiger partial charge in [-0.15, -0.1) is 0 Å². The zero-order chi connectivity index (χ0) is 16.9. The number of likely N-dealkylation sites (tertiary alicyclic amines) is 1. The van der Waals surface area contributed by atoms with Crippen LogP contribution >= 0.6 is 0 Å². The number of piperidine rings is 1. The third-order valence-corrected chi connectivity index (χ3v) is 4.63. The first-order chi connectivity index (χ1) is 11.6. The van der Waals surface area contributed by atoms with E-state index in [1.165, 1.54) is 0 Å². The third kappa shape index (κ3) is 3.99. The molecule has 6 heteroatoms. The summed E-state index contributed by atoms with van der Waals surface area (Å²) >= 11 is 0. The Morgan fingerprint density at radius 3 is 2.58 bits per heavy atom. The molecule has 1 aromatic carbocycles. The van der Waals surface area contributed by atoms with Crippen LogP contribution < -0.4 is 14.8 Å². The number of nitrogens with one attached hydrogen (secondary N) is 1. The minimum atomic E-state index is 0.0147. The summed E-state index contributed by atoms with van der Waals surface area (Å²) in [4.78, 5) is 25.4. The first kappa shape index (κ1) is 16.6. The van der Waals surface area contributed by atoms with Crippen molar-refractivity contribution in [3.05, 3.63) is 23.8 Å². The van der Waals surface area contributed by atoms with Crippen molar-refractivity contribution in [1.29, 1.82) is 0 Å². The van der Waals surface area contributed by atoms with E-state index in [0.29, 0.717) is 32.8 Å². The van der Waals surface area contributed by atoms with Crippen LogP contribution in [-0.4, -0.2) is 49.6 Å². The molecule has 0 saturated carbocycles. The van der Waals surface area contributed by atoms with Gasteiger partial charge < -0.3 is 19.7 Å². The van der Waals surface area contributed by atoms with Gasteiger partial charge in [0.15, 0.2) is 11.5 Å². The van der Waals surface area contributed by atoms with Crippen molar-refractivity contribution in [3.8, 4) is 11.5 Å². The average molecular weight is 332 g/mol. The van der Waals surface area contributed by atoms with Gasteiger partial charge in [-0.2, -0.15) is 0 Å². The molecule has 2 aliphatic heterocycles. The number of nitrogens with zero attached hydrogens (tertiary/aromatic N) is 1. The predicted molar refractivity (Wildman–Crippen MR) is 89.1 cm³/mol. The fraction of sp³-hybridized carbons (Fsp3) is 0.556. The van der Waals surface area contributed by atoms with Crippen molar-refractivity contribution >= 4 is 11.8 Å². The Hall–Kier alpha value is -2.24. The van der Waals surface area contributed by atoms with E-state index in [-0.39, 0.29) is 17.7 Å². The van der Waals surface area contributed by atoms with Gasteiger partial charge in [-0.25, -0.2) is 0 Å². The van der Waals surface area contributed by atoms with Gasteiger partial charge in [-0.1, -0.05) is 6.07 Å². The molecule has 130 valence electrons. The number of carbonyl (C=O) groups is 2. The van der Waals surface area contributed by atoms with E-state index in [2.05, 4.69) is 5.32 Å². The fourth-order valence-corrected chi connectivity index (χ4v) is 3.17. The van der Waals surface area contributed by atoms with E-state index in [0.717, 1.165) is 36.3 Å². The molecular formula is C18H24N2O4. The van der Waals surface area contributed by atoms with Crippen LogP contribution in [0.15, 0.2) is 18.2 Å². The summed E-state index contributed by atoms with van der Waals surface area (Å²) in [6, 6.07) is 5.90. The molecule has 0 atom stereocenters. The summed E-state index contributed by atoms with van der Waals surface area (Å²) in [7, 11) is 0. The lowest BCUT2D eigenvalue weighted by Crippen LogP contribution is -2.42. The quantitative estimate of drug-likeness (QED) is 0.904. The number of hydrogen-bond acceptors (Lipinski definition) is 4. The maximum atomic E-state index is 12.2. The molecule has 2 heterocycles. The summed E-state index contributed by atoms with van der Waals surface area (Å²) in [5.74, 6) is 1.76. The zero-order valence-electron chi connectivity index (χ0n) is 14.0. The molecule has 0 bridgehead atoms. The normalized spacial score (nSPS) is 17.5. The van der Waals surface area contributed by atoms with Gasteiger partial charge in [0.1, 0.15) is 13.2 Å². The summed E-state index contributed by atoms with van der Waals surface area (Å²) in [6.45, 7) is 4.70. The Morgan fingerprint density at radius 1 is 1.17 bits per heavy atom. The molecule has 3 rings (SSSR count). The van der Waals surface area contributed by atoms with E-state index in [1.807, 2.05) is 18.2 Å². The van der Waals surface area contributed by atoms with Gasteiger partial charge in [0.05, 0.1) is 0 Å². The van der Waals surface area contributed by atoms with Gasteiger partial charge in [0, 0.05) is 32.5 Å². The number of fused-ring (bicyclic) bond motifs is 1. The Bertz CT molecular complexity index is 609. The highest BCUT2D eigenvalue weighted by atomic mass is 16.6. The van der Waals surface area contributed by atoms with Crippen molar-refractivity contribution in [2.45, 2.75) is 26.2 Å². The molecule has 24 heavy (non-hydrogen) atoms. The number of ether oxygens (including phenoxy) is 2. The molecule has 2 aliphatic rings. The highest BCUT2D eigenvalue weighted by Gasteiger charge is 2.25. The van der Waals surface area contributed by atoms with Gasteiger partial charge in [0.2, 0.25) is 11.8 Å². The summed E-state index contributed by atoms with van der Waals surface area (Å²) < 4.78 is 11.1. The molecule has 1 aromatic rings. The summed E-state index contributed by atoms with van der Waals surface area (Å²) in [5, 5.41) is 3.01. The predicted octanol–water partition coefficient (Wildman–Crippen LogP) is 1.37. The maximum absolute atomic E-state index is 12.2. The molecule has 0 aromatic heterocycles. The van der Waals surface area contributed by atoms with Crippen LogP contribution in [0.4, 0.5) is 0 Å². The number of carbonyl (C=O) groups excluding carboxylic acids is 2. The first-order valence-corrected chi connectivity index (χ1v) is 8.55. The molecular weight excluding hydrogens is 308 g/mol. The maximum Gasteiger partial charge on any atom is 0.223 e. The lowest BCUT2D eigenvalue weighted by atomic mass is 9.96. The number of benzene rings is 1. The second-order valence-electron chi connectivity index (χ2n) is 6.30. The van der Waals surface area contributed by atoms with Crippen molar-refractivity contribution in [2.24, 2.45) is 5.92 Å². The molecule has 1 saturated heterocycles. The van der Waals surface area contributed by atoms with Crippen LogP contribution in [0.25, 0.3) is 0 Å². The first-order valence-electron chi connectivity index (χ1n) is 8.55. The summed E-state index contributed by atoms with van der Waals surface area (Å²) in [6.07, 6.45) is 2.25. The van der Waals surface area contributed by atoms with Crippen molar-refractivity contribution in [3.63, 3.8) is 0 Å². The molecule has 0 spiro atoms. The van der Waals surface area contributed by atoms with E-state index < -0.39 is 0 Å². The molecule has 2 amide bonds. The van der Waals surface area contributed by atoms with Crippen molar-refractivity contribution in [2.75, 3.05) is 32.8 Å². The Kier molecular flexibility index (Phi) is 5.23. The highest BCUT2D eigenvalue weighted by molar-refractivity contribution is 5.79. The van der Waals surface area contributed by atoms with Crippen LogP contribution in [0.1, 0.15) is 25.3 Å². The fourth-order valence-electron chi connectivity index (χ4n) is 3.17. The van der Waals surface area contributed by atoms with E-state index in [1.54, 1.807) is 11.8 Å².